The van der Waals surface area contributed by atoms with Crippen LogP contribution in [0.4, 0.5) is 0 Å². The molecule has 0 amide bonds. The lowest BCUT2D eigenvalue weighted by Crippen LogP contribution is -2.31. The van der Waals surface area contributed by atoms with E-state index >= 15 is 0 Å². The molecular weight excluding hydrogens is 164 g/mol. The summed E-state index contributed by atoms with van der Waals surface area (Å²) in [7, 11) is 0. The lowest BCUT2D eigenvalue weighted by molar-refractivity contribution is -0.144. The molecule has 2 aliphatic rings. The molecule has 2 aliphatic carbocycles. The molecule has 2 nitrogen and oxygen atoms in total. The van der Waals surface area contributed by atoms with Crippen LogP contribution in [0.25, 0.3) is 0 Å². The van der Waals surface area contributed by atoms with Gasteiger partial charge in [-0.05, 0) is 31.1 Å². The second kappa shape index (κ2) is 3.69. The van der Waals surface area contributed by atoms with E-state index in [9.17, 15) is 4.79 Å². The van der Waals surface area contributed by atoms with Gasteiger partial charge < -0.3 is 5.11 Å². The molecule has 3 atom stereocenters. The quantitative estimate of drug-likeness (QED) is 0.677. The van der Waals surface area contributed by atoms with Crippen LogP contribution in [-0.2, 0) is 4.79 Å². The molecule has 1 unspecified atom stereocenters. The lowest BCUT2D eigenvalue weighted by Gasteiger charge is -2.37. The number of aliphatic carboxylic acids is 1. The monoisotopic (exact) mass is 182 g/mol. The van der Waals surface area contributed by atoms with E-state index in [0.717, 1.165) is 24.7 Å². The van der Waals surface area contributed by atoms with Crippen molar-refractivity contribution in [2.45, 2.75) is 44.9 Å². The molecule has 0 aromatic carbocycles. The van der Waals surface area contributed by atoms with Crippen molar-refractivity contribution in [1.29, 1.82) is 0 Å². The maximum Gasteiger partial charge on any atom is 0.306 e. The third kappa shape index (κ3) is 1.87. The SMILES string of the molecule is O=C(O)C1CC[C@@H]2CCCC[C@@H]2C1. The summed E-state index contributed by atoms with van der Waals surface area (Å²) in [6.07, 6.45) is 8.40. The van der Waals surface area contributed by atoms with Gasteiger partial charge >= 0.3 is 5.97 Å². The molecule has 0 bridgehead atoms. The van der Waals surface area contributed by atoms with Crippen molar-refractivity contribution in [3.8, 4) is 0 Å². The molecule has 0 heterocycles. The summed E-state index contributed by atoms with van der Waals surface area (Å²) in [4.78, 5) is 10.8. The topological polar surface area (TPSA) is 37.3 Å². The van der Waals surface area contributed by atoms with Gasteiger partial charge in [0, 0.05) is 0 Å². The van der Waals surface area contributed by atoms with Crippen molar-refractivity contribution >= 4 is 5.97 Å². The molecule has 13 heavy (non-hydrogen) atoms. The van der Waals surface area contributed by atoms with Gasteiger partial charge in [-0.1, -0.05) is 25.7 Å². The van der Waals surface area contributed by atoms with Crippen molar-refractivity contribution < 1.29 is 9.90 Å². The summed E-state index contributed by atoms with van der Waals surface area (Å²) in [6.45, 7) is 0. The largest absolute Gasteiger partial charge is 0.481 e. The van der Waals surface area contributed by atoms with Crippen LogP contribution in [0.5, 0.6) is 0 Å². The van der Waals surface area contributed by atoms with E-state index in [2.05, 4.69) is 0 Å². The van der Waals surface area contributed by atoms with Gasteiger partial charge in [-0.25, -0.2) is 0 Å². The zero-order valence-electron chi connectivity index (χ0n) is 8.04. The summed E-state index contributed by atoms with van der Waals surface area (Å²) in [6, 6.07) is 0. The number of hydrogen-bond acceptors (Lipinski definition) is 1. The fraction of sp³-hybridized carbons (Fsp3) is 0.909. The summed E-state index contributed by atoms with van der Waals surface area (Å²) in [5, 5.41) is 8.93. The lowest BCUT2D eigenvalue weighted by atomic mass is 9.67. The highest BCUT2D eigenvalue weighted by molar-refractivity contribution is 5.70. The Kier molecular flexibility index (Phi) is 2.56. The summed E-state index contributed by atoms with van der Waals surface area (Å²) >= 11 is 0. The molecule has 2 rings (SSSR count). The second-order valence-electron chi connectivity index (χ2n) is 4.65. The first kappa shape index (κ1) is 9.04. The minimum absolute atomic E-state index is 0.0284. The van der Waals surface area contributed by atoms with E-state index in [1.807, 2.05) is 0 Å². The van der Waals surface area contributed by atoms with Gasteiger partial charge in [-0.15, -0.1) is 0 Å². The molecule has 2 fully saturated rings. The molecule has 0 aliphatic heterocycles. The van der Waals surface area contributed by atoms with Crippen LogP contribution < -0.4 is 0 Å². The van der Waals surface area contributed by atoms with E-state index in [0.29, 0.717) is 0 Å². The van der Waals surface area contributed by atoms with E-state index in [1.54, 1.807) is 0 Å². The third-order valence-corrected chi connectivity index (χ3v) is 3.89. The molecule has 0 saturated heterocycles. The number of fused-ring (bicyclic) bond motifs is 1. The van der Waals surface area contributed by atoms with E-state index < -0.39 is 5.97 Å². The second-order valence-corrected chi connectivity index (χ2v) is 4.65. The average Bonchev–Trinajstić information content (AvgIpc) is 2.17. The predicted molar refractivity (Wildman–Crippen MR) is 50.4 cm³/mol. The van der Waals surface area contributed by atoms with Crippen LogP contribution >= 0.6 is 0 Å². The Morgan fingerprint density at radius 3 is 2.38 bits per heavy atom. The van der Waals surface area contributed by atoms with Crippen LogP contribution in [0.3, 0.4) is 0 Å². The zero-order chi connectivity index (χ0) is 9.26. The minimum atomic E-state index is -0.566. The Labute approximate surface area is 79.3 Å². The van der Waals surface area contributed by atoms with Crippen LogP contribution in [0, 0.1) is 17.8 Å². The van der Waals surface area contributed by atoms with Gasteiger partial charge in [0.1, 0.15) is 0 Å². The smallest absolute Gasteiger partial charge is 0.306 e. The molecule has 2 saturated carbocycles. The fourth-order valence-electron chi connectivity index (χ4n) is 3.10. The number of rotatable bonds is 1. The Morgan fingerprint density at radius 1 is 1.00 bits per heavy atom. The molecule has 1 N–H and O–H groups in total. The van der Waals surface area contributed by atoms with Gasteiger partial charge in [0.25, 0.3) is 0 Å². The zero-order valence-corrected chi connectivity index (χ0v) is 8.04. The van der Waals surface area contributed by atoms with Crippen LogP contribution in [-0.4, -0.2) is 11.1 Å². The van der Waals surface area contributed by atoms with Crippen molar-refractivity contribution in [3.05, 3.63) is 0 Å². The van der Waals surface area contributed by atoms with E-state index in [4.69, 9.17) is 5.11 Å². The van der Waals surface area contributed by atoms with Gasteiger partial charge in [0.05, 0.1) is 5.92 Å². The Balaban J connectivity index is 1.95. The highest BCUT2D eigenvalue weighted by atomic mass is 16.4. The fourth-order valence-corrected chi connectivity index (χ4v) is 3.10. The van der Waals surface area contributed by atoms with Crippen molar-refractivity contribution in [3.63, 3.8) is 0 Å². The maximum absolute atomic E-state index is 10.8. The first-order valence-corrected chi connectivity index (χ1v) is 5.50. The Bertz CT molecular complexity index is 200. The van der Waals surface area contributed by atoms with Crippen LogP contribution in [0.1, 0.15) is 44.9 Å². The number of hydrogen-bond donors (Lipinski definition) is 1. The summed E-state index contributed by atoms with van der Waals surface area (Å²) < 4.78 is 0. The van der Waals surface area contributed by atoms with Crippen molar-refractivity contribution in [2.75, 3.05) is 0 Å². The van der Waals surface area contributed by atoms with Crippen LogP contribution in [0.2, 0.25) is 0 Å². The Hall–Kier alpha value is -0.530. The molecule has 0 spiro atoms. The number of carboxylic acid groups (broad SMARTS) is 1. The van der Waals surface area contributed by atoms with Crippen molar-refractivity contribution in [2.24, 2.45) is 17.8 Å². The molecule has 0 aromatic heterocycles. The highest BCUT2D eigenvalue weighted by Gasteiger charge is 2.34. The Morgan fingerprint density at radius 2 is 1.69 bits per heavy atom. The van der Waals surface area contributed by atoms with Crippen molar-refractivity contribution in [1.82, 2.24) is 0 Å². The van der Waals surface area contributed by atoms with Crippen LogP contribution in [0.15, 0.2) is 0 Å². The molecule has 74 valence electrons. The minimum Gasteiger partial charge on any atom is -0.481 e. The molecule has 0 aromatic rings. The maximum atomic E-state index is 10.8. The first-order valence-electron chi connectivity index (χ1n) is 5.50. The summed E-state index contributed by atoms with van der Waals surface area (Å²) in [5.74, 6) is 1.01. The predicted octanol–water partition coefficient (Wildman–Crippen LogP) is 2.68. The van der Waals surface area contributed by atoms with E-state index in [1.165, 1.54) is 32.1 Å². The highest BCUT2D eigenvalue weighted by Crippen LogP contribution is 2.42. The van der Waals surface area contributed by atoms with Gasteiger partial charge in [-0.2, -0.15) is 0 Å². The van der Waals surface area contributed by atoms with Gasteiger partial charge in [-0.3, -0.25) is 4.79 Å². The normalized spacial score (nSPS) is 39.5. The van der Waals surface area contributed by atoms with E-state index in [-0.39, 0.29) is 5.92 Å². The molecule has 0 radical (unpaired) electrons. The molecule has 2 heteroatoms. The first-order chi connectivity index (χ1) is 6.27. The summed E-state index contributed by atoms with van der Waals surface area (Å²) in [5.41, 5.74) is 0. The number of carboxylic acids is 1. The van der Waals surface area contributed by atoms with Gasteiger partial charge in [0.2, 0.25) is 0 Å². The number of carbonyl (C=O) groups is 1. The molecular formula is C11H18O2. The standard InChI is InChI=1S/C11H18O2/c12-11(13)10-6-5-8-3-1-2-4-9(8)7-10/h8-10H,1-7H2,(H,12,13)/t8-,9+,10?/m0/s1. The third-order valence-electron chi connectivity index (χ3n) is 3.89. The average molecular weight is 182 g/mol. The van der Waals surface area contributed by atoms with Gasteiger partial charge in [0.15, 0.2) is 0 Å².